The summed E-state index contributed by atoms with van der Waals surface area (Å²) in [5.74, 6) is 0. The highest BCUT2D eigenvalue weighted by Crippen LogP contribution is 2.40. The second kappa shape index (κ2) is 5.45. The predicted octanol–water partition coefficient (Wildman–Crippen LogP) is 5.37. The van der Waals surface area contributed by atoms with Crippen LogP contribution in [0.1, 0.15) is 5.56 Å². The van der Waals surface area contributed by atoms with Gasteiger partial charge in [-0.25, -0.2) is 4.98 Å². The van der Waals surface area contributed by atoms with Crippen molar-refractivity contribution in [1.82, 2.24) is 15.2 Å². The van der Waals surface area contributed by atoms with Crippen LogP contribution in [-0.2, 0) is 6.18 Å². The van der Waals surface area contributed by atoms with Crippen molar-refractivity contribution in [2.45, 2.75) is 6.18 Å². The molecule has 0 spiro atoms. The Morgan fingerprint density at radius 1 is 1.00 bits per heavy atom. The molecule has 0 atom stereocenters. The third kappa shape index (κ3) is 2.37. The summed E-state index contributed by atoms with van der Waals surface area (Å²) in [5.41, 5.74) is 1.83. The zero-order valence-electron chi connectivity index (χ0n) is 12.1. The van der Waals surface area contributed by atoms with Gasteiger partial charge in [-0.15, -0.1) is 0 Å². The standard InChI is InChI=1S/C17H10F3N3S/c18-17(19,20)13-4-2-1-3-12(13)15-14-11(10-6-8-24-9-10)5-7-21-16(14)23-22-15/h1-9H,(H,21,22,23). The molecule has 0 fully saturated rings. The second-order valence-electron chi connectivity index (χ2n) is 5.21. The van der Waals surface area contributed by atoms with Crippen molar-refractivity contribution in [3.63, 3.8) is 0 Å². The lowest BCUT2D eigenvalue weighted by atomic mass is 9.98. The van der Waals surface area contributed by atoms with Crippen molar-refractivity contribution >= 4 is 22.4 Å². The summed E-state index contributed by atoms with van der Waals surface area (Å²) in [6.45, 7) is 0. The number of nitrogens with one attached hydrogen (secondary N) is 1. The molecule has 0 aliphatic carbocycles. The summed E-state index contributed by atoms with van der Waals surface area (Å²) in [6.07, 6.45) is -2.84. The molecular formula is C17H10F3N3S. The van der Waals surface area contributed by atoms with E-state index in [1.807, 2.05) is 16.8 Å². The second-order valence-corrected chi connectivity index (χ2v) is 5.99. The van der Waals surface area contributed by atoms with Gasteiger partial charge in [0.05, 0.1) is 16.6 Å². The molecule has 4 rings (SSSR count). The molecule has 3 nitrogen and oxygen atoms in total. The Bertz CT molecular complexity index is 1000. The SMILES string of the molecule is FC(F)(F)c1ccccc1-c1[nH]nc2nccc(-c3ccsc3)c12. The average Bonchev–Trinajstić information content (AvgIpc) is 3.23. The molecule has 0 bridgehead atoms. The Morgan fingerprint density at radius 2 is 1.83 bits per heavy atom. The summed E-state index contributed by atoms with van der Waals surface area (Å²) < 4.78 is 40.1. The lowest BCUT2D eigenvalue weighted by molar-refractivity contribution is -0.137. The molecule has 24 heavy (non-hydrogen) atoms. The van der Waals surface area contributed by atoms with Crippen molar-refractivity contribution in [3.8, 4) is 22.4 Å². The molecule has 120 valence electrons. The lowest BCUT2D eigenvalue weighted by Gasteiger charge is -2.12. The molecule has 4 aromatic rings. The number of H-pyrrole nitrogens is 1. The highest BCUT2D eigenvalue weighted by Gasteiger charge is 2.34. The van der Waals surface area contributed by atoms with Crippen molar-refractivity contribution < 1.29 is 13.2 Å². The van der Waals surface area contributed by atoms with Gasteiger partial charge in [-0.05, 0) is 40.1 Å². The van der Waals surface area contributed by atoms with E-state index < -0.39 is 11.7 Å². The first-order valence-corrected chi connectivity index (χ1v) is 8.02. The summed E-state index contributed by atoms with van der Waals surface area (Å²) >= 11 is 1.52. The first-order chi connectivity index (χ1) is 11.6. The van der Waals surface area contributed by atoms with Gasteiger partial charge in [0.25, 0.3) is 0 Å². The van der Waals surface area contributed by atoms with Crippen LogP contribution in [0.15, 0.2) is 53.4 Å². The molecular weight excluding hydrogens is 335 g/mol. The van der Waals surface area contributed by atoms with E-state index in [0.717, 1.165) is 17.2 Å². The topological polar surface area (TPSA) is 41.6 Å². The van der Waals surface area contributed by atoms with Gasteiger partial charge < -0.3 is 0 Å². The van der Waals surface area contributed by atoms with Crippen molar-refractivity contribution in [1.29, 1.82) is 0 Å². The normalized spacial score (nSPS) is 12.0. The first kappa shape index (κ1) is 14.9. The minimum Gasteiger partial charge on any atom is -0.275 e. The van der Waals surface area contributed by atoms with Gasteiger partial charge in [0, 0.05) is 11.8 Å². The summed E-state index contributed by atoms with van der Waals surface area (Å²) in [7, 11) is 0. The number of rotatable bonds is 2. The largest absolute Gasteiger partial charge is 0.417 e. The molecule has 0 saturated carbocycles. The highest BCUT2D eigenvalue weighted by molar-refractivity contribution is 7.08. The number of aromatic amines is 1. The number of hydrogen-bond donors (Lipinski definition) is 1. The molecule has 0 radical (unpaired) electrons. The van der Waals surface area contributed by atoms with Gasteiger partial charge in [0.15, 0.2) is 5.65 Å². The average molecular weight is 345 g/mol. The number of benzene rings is 1. The quantitative estimate of drug-likeness (QED) is 0.530. The van der Waals surface area contributed by atoms with Gasteiger partial charge in [0.1, 0.15) is 0 Å². The maximum Gasteiger partial charge on any atom is 0.417 e. The van der Waals surface area contributed by atoms with E-state index in [4.69, 9.17) is 0 Å². The van der Waals surface area contributed by atoms with Gasteiger partial charge >= 0.3 is 6.18 Å². The minimum atomic E-state index is -4.45. The molecule has 3 aromatic heterocycles. The van der Waals surface area contributed by atoms with Crippen molar-refractivity contribution in [2.75, 3.05) is 0 Å². The minimum absolute atomic E-state index is 0.0666. The Labute approximate surface area is 138 Å². The number of fused-ring (bicyclic) bond motifs is 1. The smallest absolute Gasteiger partial charge is 0.275 e. The molecule has 1 N–H and O–H groups in total. The molecule has 0 aliphatic rings. The van der Waals surface area contributed by atoms with Crippen LogP contribution in [0, 0.1) is 0 Å². The fraction of sp³-hybridized carbons (Fsp3) is 0.0588. The number of aromatic nitrogens is 3. The monoisotopic (exact) mass is 345 g/mol. The number of pyridine rings is 1. The van der Waals surface area contributed by atoms with Crippen LogP contribution in [0.4, 0.5) is 13.2 Å². The van der Waals surface area contributed by atoms with E-state index in [-0.39, 0.29) is 5.56 Å². The van der Waals surface area contributed by atoms with E-state index in [1.54, 1.807) is 18.3 Å². The lowest BCUT2D eigenvalue weighted by Crippen LogP contribution is -2.07. The van der Waals surface area contributed by atoms with E-state index in [9.17, 15) is 13.2 Å². The third-order valence-electron chi connectivity index (χ3n) is 3.79. The van der Waals surface area contributed by atoms with Crippen molar-refractivity contribution in [3.05, 3.63) is 58.9 Å². The maximum atomic E-state index is 13.4. The third-order valence-corrected chi connectivity index (χ3v) is 4.47. The van der Waals surface area contributed by atoms with Crippen LogP contribution in [0.25, 0.3) is 33.4 Å². The van der Waals surface area contributed by atoms with E-state index in [1.165, 1.54) is 23.5 Å². The molecule has 0 unspecified atom stereocenters. The fourth-order valence-corrected chi connectivity index (χ4v) is 3.40. The predicted molar refractivity (Wildman–Crippen MR) is 87.6 cm³/mol. The fourth-order valence-electron chi connectivity index (χ4n) is 2.75. The Morgan fingerprint density at radius 3 is 2.58 bits per heavy atom. The number of hydrogen-bond acceptors (Lipinski definition) is 3. The molecule has 3 heterocycles. The van der Waals surface area contributed by atoms with Gasteiger partial charge in [0.2, 0.25) is 0 Å². The Balaban J connectivity index is 2.04. The van der Waals surface area contributed by atoms with Crippen LogP contribution < -0.4 is 0 Å². The van der Waals surface area contributed by atoms with Gasteiger partial charge in [-0.1, -0.05) is 18.2 Å². The zero-order valence-corrected chi connectivity index (χ0v) is 12.9. The van der Waals surface area contributed by atoms with E-state index in [0.29, 0.717) is 16.7 Å². The highest BCUT2D eigenvalue weighted by atomic mass is 32.1. The van der Waals surface area contributed by atoms with Crippen LogP contribution >= 0.6 is 11.3 Å². The molecule has 0 saturated heterocycles. The van der Waals surface area contributed by atoms with Gasteiger partial charge in [-0.3, -0.25) is 5.10 Å². The van der Waals surface area contributed by atoms with Gasteiger partial charge in [-0.2, -0.15) is 29.6 Å². The van der Waals surface area contributed by atoms with Crippen LogP contribution in [0.5, 0.6) is 0 Å². The van der Waals surface area contributed by atoms with E-state index in [2.05, 4.69) is 15.2 Å². The van der Waals surface area contributed by atoms with E-state index >= 15 is 0 Å². The zero-order chi connectivity index (χ0) is 16.7. The molecule has 0 amide bonds. The first-order valence-electron chi connectivity index (χ1n) is 7.08. The summed E-state index contributed by atoms with van der Waals surface area (Å²) in [4.78, 5) is 4.17. The van der Waals surface area contributed by atoms with Crippen LogP contribution in [-0.4, -0.2) is 15.2 Å². The number of alkyl halides is 3. The Kier molecular flexibility index (Phi) is 3.38. The summed E-state index contributed by atoms with van der Waals surface area (Å²) in [6, 6.07) is 9.19. The van der Waals surface area contributed by atoms with Crippen LogP contribution in [0.3, 0.4) is 0 Å². The number of thiophene rings is 1. The summed E-state index contributed by atoms with van der Waals surface area (Å²) in [5, 5.41) is 11.3. The number of halogens is 3. The molecule has 7 heteroatoms. The van der Waals surface area contributed by atoms with Crippen LogP contribution in [0.2, 0.25) is 0 Å². The molecule has 0 aliphatic heterocycles. The Hall–Kier alpha value is -2.67. The van der Waals surface area contributed by atoms with Crippen molar-refractivity contribution in [2.24, 2.45) is 0 Å². The number of nitrogens with zero attached hydrogens (tertiary/aromatic N) is 2. The maximum absolute atomic E-state index is 13.4. The molecule has 1 aromatic carbocycles.